The van der Waals surface area contributed by atoms with Gasteiger partial charge in [-0.1, -0.05) is 22.0 Å². The molecule has 0 bridgehead atoms. The molecule has 1 amide bonds. The number of rotatable bonds is 3. The molecule has 0 spiro atoms. The van der Waals surface area contributed by atoms with Crippen LogP contribution in [0, 0.1) is 5.82 Å². The molecular weight excluding hydrogens is 425 g/mol. The Morgan fingerprint density at radius 3 is 2.64 bits per heavy atom. The number of pyridine rings is 1. The van der Waals surface area contributed by atoms with Gasteiger partial charge in [0.25, 0.3) is 5.91 Å². The van der Waals surface area contributed by atoms with Gasteiger partial charge in [-0.2, -0.15) is 0 Å². The summed E-state index contributed by atoms with van der Waals surface area (Å²) in [5.41, 5.74) is 1.39. The average Bonchev–Trinajstić information content (AvgIpc) is 2.70. The predicted molar refractivity (Wildman–Crippen MR) is 108 cm³/mol. The van der Waals surface area contributed by atoms with Crippen LogP contribution in [0.2, 0.25) is 0 Å². The molecule has 5 nitrogen and oxygen atoms in total. The first-order valence-corrected chi connectivity index (χ1v) is 9.14. The molecule has 0 radical (unpaired) electrons. The lowest BCUT2D eigenvalue weighted by Crippen LogP contribution is -2.22. The Morgan fingerprint density at radius 1 is 1.07 bits per heavy atom. The SMILES string of the molecule is O=C(Nc1ccccn1)c1cc2cc(Br)ccc2oc1=Nc1ccc(F)cc1. The minimum atomic E-state index is -0.412. The molecule has 4 aromatic rings. The van der Waals surface area contributed by atoms with Gasteiger partial charge in [0.05, 0.1) is 5.69 Å². The molecular formula is C21H13BrFN3O2. The summed E-state index contributed by atoms with van der Waals surface area (Å²) in [6, 6.07) is 18.0. The summed E-state index contributed by atoms with van der Waals surface area (Å²) in [7, 11) is 0. The Labute approximate surface area is 167 Å². The number of nitrogens with one attached hydrogen (secondary N) is 1. The van der Waals surface area contributed by atoms with Gasteiger partial charge in [-0.05, 0) is 60.7 Å². The van der Waals surface area contributed by atoms with Crippen molar-refractivity contribution in [1.82, 2.24) is 4.98 Å². The molecule has 2 aromatic carbocycles. The lowest BCUT2D eigenvalue weighted by molar-refractivity contribution is 0.102. The first-order chi connectivity index (χ1) is 13.6. The van der Waals surface area contributed by atoms with Crippen LogP contribution >= 0.6 is 15.9 Å². The zero-order valence-electron chi connectivity index (χ0n) is 14.4. The highest BCUT2D eigenvalue weighted by Crippen LogP contribution is 2.20. The van der Waals surface area contributed by atoms with E-state index < -0.39 is 5.91 Å². The summed E-state index contributed by atoms with van der Waals surface area (Å²) >= 11 is 3.42. The molecule has 1 N–H and O–H groups in total. The molecule has 0 unspecified atom stereocenters. The van der Waals surface area contributed by atoms with E-state index in [1.54, 1.807) is 36.5 Å². The number of carbonyl (C=O) groups is 1. The standard InChI is InChI=1S/C21H13BrFN3O2/c22-14-4-9-18-13(11-14)12-17(20(27)26-19-3-1-2-10-24-19)21(28-18)25-16-7-5-15(23)6-8-16/h1-12H,(H,24,26,27). The number of aromatic nitrogens is 1. The first kappa shape index (κ1) is 18.1. The molecule has 0 atom stereocenters. The van der Waals surface area contributed by atoms with E-state index in [2.05, 4.69) is 31.2 Å². The van der Waals surface area contributed by atoms with Crippen molar-refractivity contribution >= 4 is 44.3 Å². The average molecular weight is 438 g/mol. The second-order valence-electron chi connectivity index (χ2n) is 5.90. The summed E-state index contributed by atoms with van der Waals surface area (Å²) in [5.74, 6) is -0.368. The van der Waals surface area contributed by atoms with E-state index in [1.165, 1.54) is 24.3 Å². The van der Waals surface area contributed by atoms with Crippen molar-refractivity contribution in [3.8, 4) is 0 Å². The topological polar surface area (TPSA) is 67.5 Å². The highest BCUT2D eigenvalue weighted by Gasteiger charge is 2.14. The smallest absolute Gasteiger partial charge is 0.262 e. The van der Waals surface area contributed by atoms with Crippen LogP contribution in [0.3, 0.4) is 0 Å². The molecule has 138 valence electrons. The van der Waals surface area contributed by atoms with Crippen molar-refractivity contribution in [2.45, 2.75) is 0 Å². The Hall–Kier alpha value is -3.32. The van der Waals surface area contributed by atoms with Gasteiger partial charge in [0, 0.05) is 16.1 Å². The van der Waals surface area contributed by atoms with Gasteiger partial charge in [-0.25, -0.2) is 14.4 Å². The maximum Gasteiger partial charge on any atom is 0.262 e. The van der Waals surface area contributed by atoms with Crippen molar-refractivity contribution in [1.29, 1.82) is 0 Å². The van der Waals surface area contributed by atoms with E-state index in [-0.39, 0.29) is 16.9 Å². The van der Waals surface area contributed by atoms with E-state index in [0.29, 0.717) is 17.1 Å². The number of halogens is 2. The second kappa shape index (κ2) is 7.74. The number of anilines is 1. The number of hydrogen-bond donors (Lipinski definition) is 1. The molecule has 2 heterocycles. The number of nitrogens with zero attached hydrogens (tertiary/aromatic N) is 2. The van der Waals surface area contributed by atoms with Crippen LogP contribution in [0.25, 0.3) is 11.0 Å². The lowest BCUT2D eigenvalue weighted by Gasteiger charge is -2.06. The van der Waals surface area contributed by atoms with Crippen molar-refractivity contribution in [3.05, 3.63) is 94.3 Å². The third kappa shape index (κ3) is 3.99. The molecule has 0 saturated heterocycles. The third-order valence-electron chi connectivity index (χ3n) is 3.92. The minimum absolute atomic E-state index is 0.120. The van der Waals surface area contributed by atoms with Crippen molar-refractivity contribution in [2.24, 2.45) is 4.99 Å². The monoisotopic (exact) mass is 437 g/mol. The van der Waals surface area contributed by atoms with Crippen LogP contribution in [0.15, 0.2) is 86.8 Å². The van der Waals surface area contributed by atoms with Crippen LogP contribution in [-0.2, 0) is 0 Å². The van der Waals surface area contributed by atoms with Crippen LogP contribution in [-0.4, -0.2) is 10.9 Å². The van der Waals surface area contributed by atoms with Gasteiger partial charge in [-0.15, -0.1) is 0 Å². The molecule has 2 aromatic heterocycles. The van der Waals surface area contributed by atoms with Gasteiger partial charge in [-0.3, -0.25) is 4.79 Å². The quantitative estimate of drug-likeness (QED) is 0.477. The largest absolute Gasteiger partial charge is 0.438 e. The molecule has 7 heteroatoms. The Morgan fingerprint density at radius 2 is 1.89 bits per heavy atom. The fourth-order valence-electron chi connectivity index (χ4n) is 2.60. The second-order valence-corrected chi connectivity index (χ2v) is 6.82. The molecule has 0 aliphatic rings. The van der Waals surface area contributed by atoms with E-state index in [0.717, 1.165) is 9.86 Å². The normalized spacial score (nSPS) is 11.6. The molecule has 0 aliphatic heterocycles. The van der Waals surface area contributed by atoms with Crippen molar-refractivity contribution in [3.63, 3.8) is 0 Å². The fraction of sp³-hybridized carbons (Fsp3) is 0. The van der Waals surface area contributed by atoms with Gasteiger partial charge in [0.2, 0.25) is 5.55 Å². The van der Waals surface area contributed by atoms with E-state index in [4.69, 9.17) is 4.42 Å². The van der Waals surface area contributed by atoms with E-state index in [9.17, 15) is 9.18 Å². The van der Waals surface area contributed by atoms with Gasteiger partial charge < -0.3 is 9.73 Å². The highest BCUT2D eigenvalue weighted by molar-refractivity contribution is 9.10. The van der Waals surface area contributed by atoms with Gasteiger partial charge >= 0.3 is 0 Å². The lowest BCUT2D eigenvalue weighted by atomic mass is 10.1. The fourth-order valence-corrected chi connectivity index (χ4v) is 2.98. The number of hydrogen-bond acceptors (Lipinski definition) is 4. The molecule has 28 heavy (non-hydrogen) atoms. The number of amides is 1. The minimum Gasteiger partial charge on any atom is -0.438 e. The van der Waals surface area contributed by atoms with Crippen LogP contribution in [0.1, 0.15) is 10.4 Å². The molecule has 0 fully saturated rings. The summed E-state index contributed by atoms with van der Waals surface area (Å²) in [4.78, 5) is 21.4. The molecule has 0 saturated carbocycles. The maximum absolute atomic E-state index is 13.2. The number of carbonyl (C=O) groups excluding carboxylic acids is 1. The van der Waals surface area contributed by atoms with Crippen molar-refractivity contribution in [2.75, 3.05) is 5.32 Å². The number of fused-ring (bicyclic) bond motifs is 1. The summed E-state index contributed by atoms with van der Waals surface area (Å²) < 4.78 is 19.9. The summed E-state index contributed by atoms with van der Waals surface area (Å²) in [6.07, 6.45) is 1.58. The summed E-state index contributed by atoms with van der Waals surface area (Å²) in [5, 5.41) is 3.47. The van der Waals surface area contributed by atoms with Crippen LogP contribution in [0.4, 0.5) is 15.9 Å². The van der Waals surface area contributed by atoms with E-state index in [1.807, 2.05) is 12.1 Å². The third-order valence-corrected chi connectivity index (χ3v) is 4.41. The zero-order chi connectivity index (χ0) is 19.5. The first-order valence-electron chi connectivity index (χ1n) is 8.34. The Balaban J connectivity index is 1.86. The van der Waals surface area contributed by atoms with Gasteiger partial charge in [0.15, 0.2) is 0 Å². The van der Waals surface area contributed by atoms with Crippen LogP contribution in [0.5, 0.6) is 0 Å². The van der Waals surface area contributed by atoms with Gasteiger partial charge in [0.1, 0.15) is 22.8 Å². The van der Waals surface area contributed by atoms with Crippen LogP contribution < -0.4 is 10.9 Å². The molecule has 0 aliphatic carbocycles. The zero-order valence-corrected chi connectivity index (χ0v) is 16.0. The summed E-state index contributed by atoms with van der Waals surface area (Å²) in [6.45, 7) is 0. The predicted octanol–water partition coefficient (Wildman–Crippen LogP) is 5.21. The number of benzene rings is 2. The maximum atomic E-state index is 13.2. The Kier molecular flexibility index (Phi) is 4.99. The van der Waals surface area contributed by atoms with E-state index >= 15 is 0 Å². The highest BCUT2D eigenvalue weighted by atomic mass is 79.9. The molecule has 4 rings (SSSR count). The van der Waals surface area contributed by atoms with Crippen molar-refractivity contribution < 1.29 is 13.6 Å². The Bertz CT molecular complexity index is 1220.